The maximum atomic E-state index is 8.61. The molecule has 0 radical (unpaired) electrons. The van der Waals surface area contributed by atoms with Crippen LogP contribution in [0, 0.1) is 17.2 Å². The molecule has 0 atom stereocenters. The minimum Gasteiger partial charge on any atom is -0.333 e. The van der Waals surface area contributed by atoms with Crippen LogP contribution in [0.5, 0.6) is 0 Å². The van der Waals surface area contributed by atoms with Gasteiger partial charge in [0.15, 0.2) is 5.15 Å². The fraction of sp³-hybridized carbons (Fsp3) is 0.600. The van der Waals surface area contributed by atoms with Gasteiger partial charge in [-0.3, -0.25) is 0 Å². The number of halogens is 1. The summed E-state index contributed by atoms with van der Waals surface area (Å²) in [6.45, 7) is 4.26. The highest BCUT2D eigenvalue weighted by molar-refractivity contribution is 6.30. The van der Waals surface area contributed by atoms with E-state index in [-0.39, 0.29) is 0 Å². The average Bonchev–Trinajstić information content (AvgIpc) is 2.32. The maximum absolute atomic E-state index is 8.61. The number of imidazole rings is 1. The molecule has 0 N–H and O–H groups in total. The summed E-state index contributed by atoms with van der Waals surface area (Å²) in [5.41, 5.74) is 0.810. The lowest BCUT2D eigenvalue weighted by molar-refractivity contribution is 0.598. The van der Waals surface area contributed by atoms with E-state index in [2.05, 4.69) is 24.9 Å². The van der Waals surface area contributed by atoms with Crippen LogP contribution in [0.1, 0.15) is 25.4 Å². The molecule has 1 heterocycles. The number of hydrogen-bond donors (Lipinski definition) is 0. The van der Waals surface area contributed by atoms with Crippen molar-refractivity contribution in [3.8, 4) is 6.07 Å². The van der Waals surface area contributed by atoms with Gasteiger partial charge in [0, 0.05) is 13.5 Å². The predicted molar refractivity (Wildman–Crippen MR) is 56.1 cm³/mol. The summed E-state index contributed by atoms with van der Waals surface area (Å²) in [6, 6.07) is 2.09. The lowest BCUT2D eigenvalue weighted by Crippen LogP contribution is -2.05. The quantitative estimate of drug-likeness (QED) is 0.770. The molecule has 0 aliphatic carbocycles. The van der Waals surface area contributed by atoms with Crippen LogP contribution in [-0.2, 0) is 19.9 Å². The highest BCUT2D eigenvalue weighted by Gasteiger charge is 2.13. The summed E-state index contributed by atoms with van der Waals surface area (Å²) in [5, 5.41) is 9.07. The summed E-state index contributed by atoms with van der Waals surface area (Å²) in [4.78, 5) is 4.25. The van der Waals surface area contributed by atoms with Gasteiger partial charge in [-0.2, -0.15) is 5.26 Å². The molecule has 0 bridgehead atoms. The van der Waals surface area contributed by atoms with E-state index in [0.29, 0.717) is 17.5 Å². The van der Waals surface area contributed by atoms with Crippen LogP contribution in [0.15, 0.2) is 0 Å². The molecule has 0 aliphatic heterocycles. The Morgan fingerprint density at radius 3 is 2.71 bits per heavy atom. The van der Waals surface area contributed by atoms with Gasteiger partial charge < -0.3 is 4.57 Å². The Balaban J connectivity index is 2.99. The van der Waals surface area contributed by atoms with Crippen LogP contribution in [-0.4, -0.2) is 9.55 Å². The van der Waals surface area contributed by atoms with Crippen LogP contribution in [0.4, 0.5) is 0 Å². The topological polar surface area (TPSA) is 41.6 Å². The monoisotopic (exact) mass is 211 g/mol. The van der Waals surface area contributed by atoms with Crippen molar-refractivity contribution >= 4 is 11.6 Å². The van der Waals surface area contributed by atoms with Crippen molar-refractivity contribution in [2.75, 3.05) is 0 Å². The Morgan fingerprint density at radius 1 is 1.57 bits per heavy atom. The van der Waals surface area contributed by atoms with E-state index in [1.807, 2.05) is 11.6 Å². The molecule has 76 valence electrons. The van der Waals surface area contributed by atoms with Crippen molar-refractivity contribution in [1.29, 1.82) is 5.26 Å². The predicted octanol–water partition coefficient (Wildman–Crippen LogP) is 2.34. The van der Waals surface area contributed by atoms with Crippen molar-refractivity contribution in [2.45, 2.75) is 26.7 Å². The lowest BCUT2D eigenvalue weighted by Gasteiger charge is -2.05. The molecule has 3 nitrogen and oxygen atoms in total. The van der Waals surface area contributed by atoms with Gasteiger partial charge in [0.05, 0.1) is 18.2 Å². The van der Waals surface area contributed by atoms with Gasteiger partial charge in [0.25, 0.3) is 0 Å². The zero-order valence-corrected chi connectivity index (χ0v) is 9.47. The Morgan fingerprint density at radius 2 is 2.21 bits per heavy atom. The van der Waals surface area contributed by atoms with Gasteiger partial charge >= 0.3 is 0 Å². The van der Waals surface area contributed by atoms with E-state index in [1.54, 1.807) is 0 Å². The first-order valence-corrected chi connectivity index (χ1v) is 5.01. The Labute approximate surface area is 89.3 Å². The number of hydrogen-bond acceptors (Lipinski definition) is 2. The van der Waals surface area contributed by atoms with Gasteiger partial charge in [-0.15, -0.1) is 0 Å². The van der Waals surface area contributed by atoms with Crippen molar-refractivity contribution in [3.63, 3.8) is 0 Å². The molecule has 0 fully saturated rings. The third kappa shape index (κ3) is 2.27. The smallest absolute Gasteiger partial charge is 0.151 e. The highest BCUT2D eigenvalue weighted by atomic mass is 35.5. The molecule has 0 amide bonds. The second-order valence-electron chi connectivity index (χ2n) is 3.76. The largest absolute Gasteiger partial charge is 0.333 e. The van der Waals surface area contributed by atoms with Gasteiger partial charge in [0.1, 0.15) is 5.82 Å². The van der Waals surface area contributed by atoms with E-state index < -0.39 is 0 Å². The molecule has 1 aromatic rings. The van der Waals surface area contributed by atoms with E-state index in [0.717, 1.165) is 17.9 Å². The maximum Gasteiger partial charge on any atom is 0.151 e. The van der Waals surface area contributed by atoms with Crippen molar-refractivity contribution in [3.05, 3.63) is 16.7 Å². The second-order valence-corrected chi connectivity index (χ2v) is 4.12. The van der Waals surface area contributed by atoms with Gasteiger partial charge in [0.2, 0.25) is 0 Å². The minimum atomic E-state index is 0.320. The molecule has 0 spiro atoms. The van der Waals surface area contributed by atoms with Crippen molar-refractivity contribution in [1.82, 2.24) is 9.55 Å². The molecule has 0 saturated heterocycles. The van der Waals surface area contributed by atoms with Crippen LogP contribution < -0.4 is 0 Å². The minimum absolute atomic E-state index is 0.320. The zero-order valence-electron chi connectivity index (χ0n) is 8.71. The molecule has 1 aromatic heterocycles. The van der Waals surface area contributed by atoms with Crippen molar-refractivity contribution in [2.24, 2.45) is 13.0 Å². The summed E-state index contributed by atoms with van der Waals surface area (Å²) in [7, 11) is 1.91. The van der Waals surface area contributed by atoms with E-state index in [9.17, 15) is 0 Å². The highest BCUT2D eigenvalue weighted by Crippen LogP contribution is 2.18. The fourth-order valence-corrected chi connectivity index (χ4v) is 1.65. The summed E-state index contributed by atoms with van der Waals surface area (Å²) in [5.74, 6) is 1.50. The first kappa shape index (κ1) is 11.1. The van der Waals surface area contributed by atoms with Gasteiger partial charge in [-0.25, -0.2) is 4.98 Å². The molecule has 0 saturated carbocycles. The molecule has 0 unspecified atom stereocenters. The Bertz CT molecular complexity index is 360. The first-order chi connectivity index (χ1) is 6.56. The Kier molecular flexibility index (Phi) is 3.54. The fourth-order valence-electron chi connectivity index (χ4n) is 1.36. The second kappa shape index (κ2) is 4.47. The van der Waals surface area contributed by atoms with Crippen LogP contribution in [0.2, 0.25) is 5.15 Å². The third-order valence-corrected chi connectivity index (χ3v) is 2.40. The number of nitrogens with zero attached hydrogens (tertiary/aromatic N) is 3. The zero-order chi connectivity index (χ0) is 10.7. The molecule has 14 heavy (non-hydrogen) atoms. The molecule has 4 heteroatoms. The number of nitriles is 1. The summed E-state index contributed by atoms with van der Waals surface area (Å²) >= 11 is 5.93. The Hall–Kier alpha value is -1.01. The van der Waals surface area contributed by atoms with Crippen LogP contribution in [0.3, 0.4) is 0 Å². The summed E-state index contributed by atoms with van der Waals surface area (Å²) in [6.07, 6.45) is 1.21. The van der Waals surface area contributed by atoms with Crippen LogP contribution in [0.25, 0.3) is 0 Å². The van der Waals surface area contributed by atoms with Crippen molar-refractivity contribution < 1.29 is 0 Å². The number of rotatable bonds is 3. The molecule has 1 rings (SSSR count). The SMILES string of the molecule is CC(C)Cc1nc(Cl)c(CC#N)n1C. The molecular formula is C10H14ClN3. The molecular weight excluding hydrogens is 198 g/mol. The normalized spacial score (nSPS) is 10.6. The van der Waals surface area contributed by atoms with Crippen LogP contribution >= 0.6 is 11.6 Å². The van der Waals surface area contributed by atoms with E-state index in [1.165, 1.54) is 0 Å². The third-order valence-electron chi connectivity index (χ3n) is 2.09. The standard InChI is InChI=1S/C10H14ClN3/c1-7(2)6-9-13-10(11)8(4-5-12)14(9)3/h7H,4,6H2,1-3H3. The van der Waals surface area contributed by atoms with E-state index in [4.69, 9.17) is 16.9 Å². The average molecular weight is 212 g/mol. The number of aromatic nitrogens is 2. The molecule has 0 aromatic carbocycles. The summed E-state index contributed by atoms with van der Waals surface area (Å²) < 4.78 is 1.92. The lowest BCUT2D eigenvalue weighted by atomic mass is 10.1. The van der Waals surface area contributed by atoms with Gasteiger partial charge in [-0.1, -0.05) is 25.4 Å². The van der Waals surface area contributed by atoms with Gasteiger partial charge in [-0.05, 0) is 5.92 Å². The van der Waals surface area contributed by atoms with E-state index >= 15 is 0 Å². The first-order valence-electron chi connectivity index (χ1n) is 4.63. The molecule has 0 aliphatic rings.